The predicted octanol–water partition coefficient (Wildman–Crippen LogP) is 1.64. The summed E-state index contributed by atoms with van der Waals surface area (Å²) in [6.07, 6.45) is 4.44. The van der Waals surface area contributed by atoms with E-state index in [0.717, 1.165) is 45.7 Å². The number of nitrogens with zero attached hydrogens (tertiary/aromatic N) is 3. The second kappa shape index (κ2) is 9.05. The van der Waals surface area contributed by atoms with E-state index in [1.165, 1.54) is 17.5 Å². The van der Waals surface area contributed by atoms with Gasteiger partial charge in [0.25, 0.3) is 5.91 Å². The van der Waals surface area contributed by atoms with Crippen LogP contribution in [0.15, 0.2) is 6.07 Å². The van der Waals surface area contributed by atoms with Crippen molar-refractivity contribution in [1.29, 1.82) is 0 Å². The van der Waals surface area contributed by atoms with Crippen molar-refractivity contribution in [3.05, 3.63) is 11.8 Å². The van der Waals surface area contributed by atoms with Gasteiger partial charge < -0.3 is 20.3 Å². The average Bonchev–Trinajstić information content (AvgIpc) is 3.30. The predicted molar refractivity (Wildman–Crippen MR) is 107 cm³/mol. The van der Waals surface area contributed by atoms with Crippen LogP contribution in [0, 0.1) is 11.3 Å². The van der Waals surface area contributed by atoms with Crippen LogP contribution in [0.1, 0.15) is 50.0 Å². The third kappa shape index (κ3) is 5.11. The number of aryl methyl sites for hydroxylation is 1. The molecule has 2 saturated heterocycles. The molecule has 2 aliphatic rings. The number of hydrogen-bond acceptors (Lipinski definition) is 5. The summed E-state index contributed by atoms with van der Waals surface area (Å²) in [5, 5.41) is 10.2. The van der Waals surface area contributed by atoms with Gasteiger partial charge in [0.05, 0.1) is 0 Å². The Morgan fingerprint density at radius 3 is 2.57 bits per heavy atom. The number of carbonyl (C=O) groups excluding carboxylic acids is 2. The number of ether oxygens (including phenoxy) is 1. The van der Waals surface area contributed by atoms with Gasteiger partial charge in [-0.15, -0.1) is 0 Å². The second-order valence-electron chi connectivity index (χ2n) is 8.46. The summed E-state index contributed by atoms with van der Waals surface area (Å²) in [6.45, 7) is 9.08. The van der Waals surface area contributed by atoms with Crippen LogP contribution in [-0.2, 0) is 16.6 Å². The number of anilines is 1. The van der Waals surface area contributed by atoms with E-state index in [1.807, 2.05) is 13.8 Å². The molecule has 0 radical (unpaired) electrons. The quantitative estimate of drug-likeness (QED) is 0.738. The van der Waals surface area contributed by atoms with Gasteiger partial charge in [-0.3, -0.25) is 14.3 Å². The maximum absolute atomic E-state index is 12.7. The van der Waals surface area contributed by atoms with Gasteiger partial charge in [-0.05, 0) is 38.8 Å². The van der Waals surface area contributed by atoms with Crippen LogP contribution in [0.3, 0.4) is 0 Å². The largest absolute Gasteiger partial charge is 0.381 e. The van der Waals surface area contributed by atoms with Gasteiger partial charge in [0.1, 0.15) is 5.82 Å². The molecule has 0 saturated carbocycles. The molecule has 2 amide bonds. The van der Waals surface area contributed by atoms with Crippen molar-refractivity contribution in [3.8, 4) is 0 Å². The lowest BCUT2D eigenvalue weighted by Crippen LogP contribution is -2.48. The van der Waals surface area contributed by atoms with E-state index in [9.17, 15) is 9.59 Å². The van der Waals surface area contributed by atoms with Crippen molar-refractivity contribution in [2.75, 3.05) is 44.7 Å². The summed E-state index contributed by atoms with van der Waals surface area (Å²) in [6, 6.07) is 1.63. The Balaban J connectivity index is 1.62. The van der Waals surface area contributed by atoms with E-state index in [0.29, 0.717) is 18.1 Å². The van der Waals surface area contributed by atoms with Gasteiger partial charge in [0, 0.05) is 50.8 Å². The topological polar surface area (TPSA) is 88.5 Å². The molecule has 1 aromatic heterocycles. The molecule has 156 valence electrons. The molecule has 3 heterocycles. The number of likely N-dealkylation sites (tertiary alicyclic amines) is 1. The molecule has 0 aromatic carbocycles. The van der Waals surface area contributed by atoms with Crippen molar-refractivity contribution in [2.45, 2.75) is 39.5 Å². The van der Waals surface area contributed by atoms with Crippen LogP contribution in [0.4, 0.5) is 5.82 Å². The van der Waals surface area contributed by atoms with Crippen molar-refractivity contribution in [3.63, 3.8) is 0 Å². The summed E-state index contributed by atoms with van der Waals surface area (Å²) >= 11 is 0. The Labute approximate surface area is 167 Å². The van der Waals surface area contributed by atoms with Crippen molar-refractivity contribution >= 4 is 17.6 Å². The highest BCUT2D eigenvalue weighted by molar-refractivity contribution is 5.95. The zero-order valence-electron chi connectivity index (χ0n) is 17.3. The first kappa shape index (κ1) is 20.8. The van der Waals surface area contributed by atoms with E-state index in [2.05, 4.69) is 20.6 Å². The summed E-state index contributed by atoms with van der Waals surface area (Å²) in [5.74, 6) is 0.0995. The first-order chi connectivity index (χ1) is 13.4. The third-order valence-electron chi connectivity index (χ3n) is 5.82. The molecular formula is C20H33N5O3. The Morgan fingerprint density at radius 1 is 1.25 bits per heavy atom. The van der Waals surface area contributed by atoms with Gasteiger partial charge in [0.2, 0.25) is 5.91 Å². The fourth-order valence-electron chi connectivity index (χ4n) is 3.93. The second-order valence-corrected chi connectivity index (χ2v) is 8.46. The zero-order valence-corrected chi connectivity index (χ0v) is 17.3. The number of amides is 2. The van der Waals surface area contributed by atoms with Crippen LogP contribution in [0.5, 0.6) is 0 Å². The van der Waals surface area contributed by atoms with Gasteiger partial charge in [-0.2, -0.15) is 5.10 Å². The fraction of sp³-hybridized carbons (Fsp3) is 0.750. The Morgan fingerprint density at radius 2 is 1.93 bits per heavy atom. The lowest BCUT2D eigenvalue weighted by Gasteiger charge is -2.40. The molecule has 3 rings (SSSR count). The Kier molecular flexibility index (Phi) is 6.72. The maximum Gasteiger partial charge on any atom is 0.271 e. The lowest BCUT2D eigenvalue weighted by molar-refractivity contribution is -0.118. The van der Waals surface area contributed by atoms with E-state index in [4.69, 9.17) is 4.74 Å². The summed E-state index contributed by atoms with van der Waals surface area (Å²) in [4.78, 5) is 27.1. The van der Waals surface area contributed by atoms with Crippen LogP contribution >= 0.6 is 0 Å². The zero-order chi connectivity index (χ0) is 20.1. The normalized spacial score (nSPS) is 19.7. The molecule has 0 spiro atoms. The van der Waals surface area contributed by atoms with Crippen molar-refractivity contribution in [2.24, 2.45) is 18.4 Å². The Hall–Kier alpha value is -1.93. The van der Waals surface area contributed by atoms with E-state index >= 15 is 0 Å². The molecule has 8 heteroatoms. The highest BCUT2D eigenvalue weighted by atomic mass is 16.5. The van der Waals surface area contributed by atoms with Crippen LogP contribution < -0.4 is 10.6 Å². The molecule has 8 nitrogen and oxygen atoms in total. The smallest absolute Gasteiger partial charge is 0.271 e. The molecule has 2 N–H and O–H groups in total. The summed E-state index contributed by atoms with van der Waals surface area (Å²) in [5.41, 5.74) is 0.381. The minimum atomic E-state index is -0.201. The highest BCUT2D eigenvalue weighted by Gasteiger charge is 2.35. The van der Waals surface area contributed by atoms with Gasteiger partial charge >= 0.3 is 0 Å². The summed E-state index contributed by atoms with van der Waals surface area (Å²) in [7, 11) is 1.72. The molecule has 28 heavy (non-hydrogen) atoms. The molecule has 2 aliphatic heterocycles. The summed E-state index contributed by atoms with van der Waals surface area (Å²) < 4.78 is 7.10. The van der Waals surface area contributed by atoms with E-state index < -0.39 is 0 Å². The minimum Gasteiger partial charge on any atom is -0.381 e. The maximum atomic E-state index is 12.7. The SMILES string of the molecule is CC(C)C(=O)Nc1cc(C(=O)NCC2(CN3CCCC3)CCOCC2)nn1C. The van der Waals surface area contributed by atoms with Crippen LogP contribution in [0.2, 0.25) is 0 Å². The molecule has 0 bridgehead atoms. The molecule has 0 aliphatic carbocycles. The first-order valence-electron chi connectivity index (χ1n) is 10.3. The Bertz CT molecular complexity index is 688. The first-order valence-corrected chi connectivity index (χ1v) is 10.3. The lowest BCUT2D eigenvalue weighted by atomic mass is 9.79. The molecule has 2 fully saturated rings. The number of hydrogen-bond donors (Lipinski definition) is 2. The van der Waals surface area contributed by atoms with Crippen LogP contribution in [0.25, 0.3) is 0 Å². The highest BCUT2D eigenvalue weighted by Crippen LogP contribution is 2.32. The molecule has 0 atom stereocenters. The van der Waals surface area contributed by atoms with Crippen molar-refractivity contribution in [1.82, 2.24) is 20.0 Å². The standard InChI is InChI=1S/C20H33N5O3/c1-15(2)18(26)22-17-12-16(23-24(17)3)19(27)21-13-20(6-10-28-11-7-20)14-25-8-4-5-9-25/h12,15H,4-11,13-14H2,1-3H3,(H,21,27)(H,22,26). The molecule has 0 unspecified atom stereocenters. The number of nitrogens with one attached hydrogen (secondary N) is 2. The monoisotopic (exact) mass is 391 g/mol. The number of rotatable bonds is 7. The minimum absolute atomic E-state index is 0.0573. The molecule has 1 aromatic rings. The fourth-order valence-corrected chi connectivity index (χ4v) is 3.93. The third-order valence-corrected chi connectivity index (χ3v) is 5.82. The van der Waals surface area contributed by atoms with E-state index in [-0.39, 0.29) is 23.1 Å². The van der Waals surface area contributed by atoms with Gasteiger partial charge in [-0.1, -0.05) is 13.8 Å². The van der Waals surface area contributed by atoms with Gasteiger partial charge in [0.15, 0.2) is 5.69 Å². The van der Waals surface area contributed by atoms with E-state index in [1.54, 1.807) is 13.1 Å². The van der Waals surface area contributed by atoms with Crippen molar-refractivity contribution < 1.29 is 14.3 Å². The number of carbonyl (C=O) groups is 2. The van der Waals surface area contributed by atoms with Crippen LogP contribution in [-0.4, -0.2) is 65.9 Å². The molecular weight excluding hydrogens is 358 g/mol. The number of aromatic nitrogens is 2. The van der Waals surface area contributed by atoms with Gasteiger partial charge in [-0.25, -0.2) is 0 Å². The average molecular weight is 392 g/mol.